The van der Waals surface area contributed by atoms with E-state index in [4.69, 9.17) is 37.4 Å². The molecule has 11 heteroatoms. The second kappa shape index (κ2) is 13.0. The number of nitrogens with zero attached hydrogens (tertiary/aromatic N) is 2. The summed E-state index contributed by atoms with van der Waals surface area (Å²) in [6.45, 7) is 2.99. The Labute approximate surface area is 259 Å². The van der Waals surface area contributed by atoms with E-state index in [1.165, 1.54) is 23.1 Å². The normalized spacial score (nSPS) is 16.1. The summed E-state index contributed by atoms with van der Waals surface area (Å²) in [6.07, 6.45) is 1.26. The standard InChI is InChI=1S/C32H32Cl2F2N2O5/c1-3-42-31(40)32(12-14-37(15-13-32)27-17-23(33)26(36)16-24(27)34)19-43-28-10-9-25(35)30-22(28)8-11-29(39)38(30)18-20-4-6-21(41-2)7-5-20/h4-7,9-10,16-17H,3,8,11-15,18-19H2,1-2H3. The van der Waals surface area contributed by atoms with E-state index in [0.717, 1.165) is 5.56 Å². The zero-order valence-electron chi connectivity index (χ0n) is 23.9. The van der Waals surface area contributed by atoms with Crippen LogP contribution in [0.3, 0.4) is 0 Å². The van der Waals surface area contributed by atoms with E-state index in [1.54, 1.807) is 32.2 Å². The zero-order valence-corrected chi connectivity index (χ0v) is 25.4. The van der Waals surface area contributed by atoms with Gasteiger partial charge in [-0.15, -0.1) is 0 Å². The number of amides is 1. The van der Waals surface area contributed by atoms with E-state index in [9.17, 15) is 14.0 Å². The maximum absolute atomic E-state index is 15.3. The minimum atomic E-state index is -0.975. The number of methoxy groups -OCH3 is 1. The molecule has 2 aliphatic heterocycles. The molecule has 7 nitrogen and oxygen atoms in total. The smallest absolute Gasteiger partial charge is 0.315 e. The van der Waals surface area contributed by atoms with Gasteiger partial charge in [-0.05, 0) is 68.1 Å². The van der Waals surface area contributed by atoms with Gasteiger partial charge in [-0.1, -0.05) is 35.3 Å². The highest BCUT2D eigenvalue weighted by Crippen LogP contribution is 2.42. The summed E-state index contributed by atoms with van der Waals surface area (Å²) >= 11 is 12.3. The summed E-state index contributed by atoms with van der Waals surface area (Å²) in [5, 5.41) is 0.194. The number of esters is 1. The van der Waals surface area contributed by atoms with Gasteiger partial charge in [0, 0.05) is 25.1 Å². The Kier molecular flexibility index (Phi) is 9.32. The lowest BCUT2D eigenvalue weighted by atomic mass is 9.79. The molecule has 0 aliphatic carbocycles. The first kappa shape index (κ1) is 30.9. The highest BCUT2D eigenvalue weighted by atomic mass is 35.5. The van der Waals surface area contributed by atoms with Gasteiger partial charge < -0.3 is 24.0 Å². The first-order valence-corrected chi connectivity index (χ1v) is 14.9. The lowest BCUT2D eigenvalue weighted by molar-refractivity contribution is -0.159. The van der Waals surface area contributed by atoms with Gasteiger partial charge >= 0.3 is 5.97 Å². The van der Waals surface area contributed by atoms with E-state index in [1.807, 2.05) is 17.0 Å². The van der Waals surface area contributed by atoms with Crippen LogP contribution in [0.4, 0.5) is 20.2 Å². The molecule has 2 aliphatic rings. The average Bonchev–Trinajstić information content (AvgIpc) is 3.00. The van der Waals surface area contributed by atoms with Crippen molar-refractivity contribution < 1.29 is 32.6 Å². The molecule has 0 radical (unpaired) electrons. The van der Waals surface area contributed by atoms with Crippen molar-refractivity contribution in [1.29, 1.82) is 0 Å². The molecule has 2 heterocycles. The first-order valence-electron chi connectivity index (χ1n) is 14.1. The number of halogens is 4. The Balaban J connectivity index is 1.37. The summed E-state index contributed by atoms with van der Waals surface area (Å²) < 4.78 is 46.1. The number of rotatable bonds is 9. The van der Waals surface area contributed by atoms with E-state index in [-0.39, 0.29) is 53.8 Å². The topological polar surface area (TPSA) is 68.3 Å². The fourth-order valence-corrected chi connectivity index (χ4v) is 6.10. The Hall–Kier alpha value is -3.56. The predicted octanol–water partition coefficient (Wildman–Crippen LogP) is 6.99. The average molecular weight is 634 g/mol. The number of hydrogen-bond donors (Lipinski definition) is 0. The van der Waals surface area contributed by atoms with Gasteiger partial charge in [-0.2, -0.15) is 0 Å². The van der Waals surface area contributed by atoms with Crippen molar-refractivity contribution >= 4 is 46.5 Å². The molecular formula is C32H32Cl2F2N2O5. The highest BCUT2D eigenvalue weighted by Gasteiger charge is 2.44. The molecule has 0 atom stereocenters. The second-order valence-electron chi connectivity index (χ2n) is 10.7. The molecular weight excluding hydrogens is 601 g/mol. The highest BCUT2D eigenvalue weighted by molar-refractivity contribution is 6.35. The maximum atomic E-state index is 15.3. The van der Waals surface area contributed by atoms with Crippen LogP contribution >= 0.6 is 23.2 Å². The van der Waals surface area contributed by atoms with Crippen molar-refractivity contribution in [2.24, 2.45) is 5.41 Å². The van der Waals surface area contributed by atoms with Gasteiger partial charge in [0.1, 0.15) is 35.2 Å². The molecule has 43 heavy (non-hydrogen) atoms. The minimum absolute atomic E-state index is 0.00206. The lowest BCUT2D eigenvalue weighted by Crippen LogP contribution is -2.48. The summed E-state index contributed by atoms with van der Waals surface area (Å²) in [5.41, 5.74) is 1.20. The number of benzene rings is 3. The van der Waals surface area contributed by atoms with Gasteiger partial charge in [-0.25, -0.2) is 8.78 Å². The van der Waals surface area contributed by atoms with Crippen LogP contribution in [-0.2, 0) is 27.3 Å². The van der Waals surface area contributed by atoms with Crippen molar-refractivity contribution in [3.8, 4) is 11.5 Å². The number of fused-ring (bicyclic) bond motifs is 1. The van der Waals surface area contributed by atoms with Crippen LogP contribution in [0, 0.1) is 17.0 Å². The van der Waals surface area contributed by atoms with Crippen LogP contribution < -0.4 is 19.3 Å². The third kappa shape index (κ3) is 6.38. The maximum Gasteiger partial charge on any atom is 0.315 e. The Morgan fingerprint density at radius 2 is 1.70 bits per heavy atom. The van der Waals surface area contributed by atoms with Crippen LogP contribution in [0.2, 0.25) is 10.0 Å². The van der Waals surface area contributed by atoms with Crippen LogP contribution in [0.1, 0.15) is 37.3 Å². The van der Waals surface area contributed by atoms with Gasteiger partial charge in [0.25, 0.3) is 0 Å². The zero-order chi connectivity index (χ0) is 30.7. The fourth-order valence-electron chi connectivity index (χ4n) is 5.67. The summed E-state index contributed by atoms with van der Waals surface area (Å²) in [5.74, 6) is -0.592. The van der Waals surface area contributed by atoms with Crippen LogP contribution in [0.25, 0.3) is 0 Å². The second-order valence-corrected chi connectivity index (χ2v) is 11.5. The van der Waals surface area contributed by atoms with Crippen LogP contribution in [0.5, 0.6) is 11.5 Å². The number of carbonyl (C=O) groups is 2. The molecule has 3 aromatic carbocycles. The number of carbonyl (C=O) groups excluding carboxylic acids is 2. The lowest BCUT2D eigenvalue weighted by Gasteiger charge is -2.41. The number of hydrogen-bond acceptors (Lipinski definition) is 6. The van der Waals surface area contributed by atoms with E-state index in [2.05, 4.69) is 0 Å². The molecule has 228 valence electrons. The van der Waals surface area contributed by atoms with Crippen molar-refractivity contribution in [2.45, 2.75) is 39.2 Å². The van der Waals surface area contributed by atoms with Crippen molar-refractivity contribution in [2.75, 3.05) is 43.2 Å². The minimum Gasteiger partial charge on any atom is -0.497 e. The fraction of sp³-hybridized carbons (Fsp3) is 0.375. The molecule has 0 aromatic heterocycles. The van der Waals surface area contributed by atoms with Crippen LogP contribution in [-0.4, -0.2) is 45.3 Å². The van der Waals surface area contributed by atoms with Crippen molar-refractivity contribution in [1.82, 2.24) is 0 Å². The van der Waals surface area contributed by atoms with Gasteiger partial charge in [0.05, 0.1) is 41.7 Å². The van der Waals surface area contributed by atoms with E-state index >= 15 is 4.39 Å². The van der Waals surface area contributed by atoms with Gasteiger partial charge in [-0.3, -0.25) is 9.59 Å². The molecule has 0 spiro atoms. The largest absolute Gasteiger partial charge is 0.497 e. The third-order valence-corrected chi connectivity index (χ3v) is 8.71. The number of piperidine rings is 1. The molecule has 1 amide bonds. The van der Waals surface area contributed by atoms with E-state index < -0.39 is 17.0 Å². The number of ether oxygens (including phenoxy) is 3. The molecule has 0 N–H and O–H groups in total. The van der Waals surface area contributed by atoms with Crippen molar-refractivity contribution in [3.05, 3.63) is 81.3 Å². The summed E-state index contributed by atoms with van der Waals surface area (Å²) in [6, 6.07) is 12.7. The SMILES string of the molecule is CCOC(=O)C1(COc2ccc(F)c3c2CCC(=O)N3Cc2ccc(OC)cc2)CCN(c2cc(Cl)c(F)cc2Cl)CC1. The monoisotopic (exact) mass is 632 g/mol. The van der Waals surface area contributed by atoms with E-state index in [0.29, 0.717) is 55.1 Å². The first-order chi connectivity index (χ1) is 20.7. The third-order valence-electron chi connectivity index (χ3n) is 8.11. The Morgan fingerprint density at radius 1 is 0.977 bits per heavy atom. The molecule has 0 saturated carbocycles. The van der Waals surface area contributed by atoms with Gasteiger partial charge in [0.2, 0.25) is 5.91 Å². The summed E-state index contributed by atoms with van der Waals surface area (Å²) in [4.78, 5) is 29.7. The Morgan fingerprint density at radius 3 is 2.37 bits per heavy atom. The van der Waals surface area contributed by atoms with Crippen LogP contribution in [0.15, 0.2) is 48.5 Å². The van der Waals surface area contributed by atoms with Gasteiger partial charge in [0.15, 0.2) is 0 Å². The molecule has 1 saturated heterocycles. The molecule has 3 aromatic rings. The van der Waals surface area contributed by atoms with Crippen molar-refractivity contribution in [3.63, 3.8) is 0 Å². The summed E-state index contributed by atoms with van der Waals surface area (Å²) in [7, 11) is 1.57. The quantitative estimate of drug-likeness (QED) is 0.187. The Bertz CT molecular complexity index is 1510. The number of anilines is 2. The molecule has 1 fully saturated rings. The molecule has 5 rings (SSSR count). The molecule has 0 bridgehead atoms. The predicted molar refractivity (Wildman–Crippen MR) is 161 cm³/mol. The molecule has 0 unspecified atom stereocenters.